The van der Waals surface area contributed by atoms with E-state index in [1.807, 2.05) is 0 Å². The third-order valence-corrected chi connectivity index (χ3v) is 5.94. The number of imide groups is 1. The molecule has 2 heterocycles. The molecule has 2 amide bonds. The predicted octanol–water partition coefficient (Wildman–Crippen LogP) is 4.73. The monoisotopic (exact) mass is 461 g/mol. The van der Waals surface area contributed by atoms with Crippen molar-refractivity contribution < 1.29 is 37.4 Å². The maximum Gasteiger partial charge on any atom is 0.337 e. The van der Waals surface area contributed by atoms with E-state index in [4.69, 9.17) is 4.74 Å². The second kappa shape index (κ2) is 8.12. The number of anilines is 1. The van der Waals surface area contributed by atoms with Gasteiger partial charge < -0.3 is 9.84 Å². The number of nitrogens with zero attached hydrogens (tertiary/aromatic N) is 1. The van der Waals surface area contributed by atoms with Gasteiger partial charge in [-0.1, -0.05) is 6.07 Å². The molecule has 1 aromatic heterocycles. The summed E-state index contributed by atoms with van der Waals surface area (Å²) in [6, 6.07) is 6.52. The molecule has 1 N–H and O–H groups in total. The molecule has 10 heteroatoms. The molecule has 3 aromatic rings. The third kappa shape index (κ3) is 3.62. The van der Waals surface area contributed by atoms with Crippen LogP contribution in [0.2, 0.25) is 0 Å². The Labute approximate surface area is 183 Å². The van der Waals surface area contributed by atoms with Gasteiger partial charge in [0.05, 0.1) is 28.8 Å². The molecule has 0 saturated heterocycles. The number of carboxylic acid groups (broad SMARTS) is 1. The minimum absolute atomic E-state index is 0.0493. The van der Waals surface area contributed by atoms with Crippen molar-refractivity contribution in [2.75, 3.05) is 4.90 Å². The number of ether oxygens (including phenoxy) is 1. The molecule has 1 aliphatic heterocycles. The summed E-state index contributed by atoms with van der Waals surface area (Å²) in [5, 5.41) is 10.6. The maximum absolute atomic E-state index is 14.6. The smallest absolute Gasteiger partial charge is 0.337 e. The lowest BCUT2D eigenvalue weighted by molar-refractivity contribution is -0.117. The number of carboxylic acids is 1. The van der Waals surface area contributed by atoms with Gasteiger partial charge in [0.25, 0.3) is 5.91 Å². The SMILES string of the molecule is CC(Oc1ccc(F)c(N2C(=O)Cc3scc(C(=O)O)c3C2=O)c1)c1c(F)cccc1F. The van der Waals surface area contributed by atoms with Crippen LogP contribution in [-0.4, -0.2) is 22.9 Å². The van der Waals surface area contributed by atoms with E-state index in [0.29, 0.717) is 4.90 Å². The summed E-state index contributed by atoms with van der Waals surface area (Å²) in [6.07, 6.45) is -1.38. The van der Waals surface area contributed by atoms with Crippen molar-refractivity contribution in [2.24, 2.45) is 0 Å². The lowest BCUT2D eigenvalue weighted by Gasteiger charge is -2.26. The van der Waals surface area contributed by atoms with E-state index in [1.54, 1.807) is 0 Å². The number of hydrogen-bond donors (Lipinski definition) is 1. The van der Waals surface area contributed by atoms with Gasteiger partial charge in [-0.15, -0.1) is 11.3 Å². The Balaban J connectivity index is 1.70. The number of hydrogen-bond acceptors (Lipinski definition) is 5. The molecular formula is C22H14F3NO5S. The van der Waals surface area contributed by atoms with Crippen LogP contribution in [0.4, 0.5) is 18.9 Å². The summed E-state index contributed by atoms with van der Waals surface area (Å²) < 4.78 is 48.2. The first-order valence-corrected chi connectivity index (χ1v) is 10.2. The first kappa shape index (κ1) is 21.6. The molecule has 0 bridgehead atoms. The first-order valence-electron chi connectivity index (χ1n) is 9.30. The largest absolute Gasteiger partial charge is 0.486 e. The number of aromatic carboxylic acids is 1. The van der Waals surface area contributed by atoms with Crippen LogP contribution < -0.4 is 9.64 Å². The Morgan fingerprint density at radius 2 is 1.81 bits per heavy atom. The maximum atomic E-state index is 14.6. The number of halogens is 3. The summed E-state index contributed by atoms with van der Waals surface area (Å²) in [6.45, 7) is 1.39. The number of benzene rings is 2. The summed E-state index contributed by atoms with van der Waals surface area (Å²) in [4.78, 5) is 37.8. The zero-order valence-corrected chi connectivity index (χ0v) is 17.2. The van der Waals surface area contributed by atoms with E-state index in [0.717, 1.165) is 35.6 Å². The highest BCUT2D eigenvalue weighted by molar-refractivity contribution is 7.11. The van der Waals surface area contributed by atoms with Crippen LogP contribution in [0.1, 0.15) is 44.2 Å². The summed E-state index contributed by atoms with van der Waals surface area (Å²) >= 11 is 0.962. The van der Waals surface area contributed by atoms with Crippen molar-refractivity contribution in [3.05, 3.63) is 80.8 Å². The fourth-order valence-electron chi connectivity index (χ4n) is 3.50. The Hall–Kier alpha value is -3.66. The minimum Gasteiger partial charge on any atom is -0.486 e. The number of amides is 2. The van der Waals surface area contributed by atoms with Gasteiger partial charge in [0, 0.05) is 16.3 Å². The highest BCUT2D eigenvalue weighted by Gasteiger charge is 2.38. The fourth-order valence-corrected chi connectivity index (χ4v) is 4.51. The van der Waals surface area contributed by atoms with Crippen LogP contribution in [0, 0.1) is 17.5 Å². The van der Waals surface area contributed by atoms with Gasteiger partial charge >= 0.3 is 5.97 Å². The zero-order chi connectivity index (χ0) is 23.2. The second-order valence-corrected chi connectivity index (χ2v) is 7.94. The molecule has 4 rings (SSSR count). The van der Waals surface area contributed by atoms with E-state index < -0.39 is 47.0 Å². The predicted molar refractivity (Wildman–Crippen MR) is 109 cm³/mol. The molecule has 0 saturated carbocycles. The van der Waals surface area contributed by atoms with Gasteiger partial charge in [-0.3, -0.25) is 9.59 Å². The average molecular weight is 461 g/mol. The Kier molecular flexibility index (Phi) is 5.47. The number of carbonyl (C=O) groups is 3. The molecule has 0 spiro atoms. The van der Waals surface area contributed by atoms with Gasteiger partial charge in [-0.2, -0.15) is 0 Å². The van der Waals surface area contributed by atoms with Gasteiger partial charge in [-0.25, -0.2) is 22.9 Å². The topological polar surface area (TPSA) is 83.9 Å². The van der Waals surface area contributed by atoms with Crippen molar-refractivity contribution >= 4 is 34.8 Å². The number of fused-ring (bicyclic) bond motifs is 1. The van der Waals surface area contributed by atoms with Crippen molar-refractivity contribution in [3.8, 4) is 5.75 Å². The third-order valence-electron chi connectivity index (χ3n) is 4.95. The number of carbonyl (C=O) groups excluding carboxylic acids is 2. The van der Waals surface area contributed by atoms with Gasteiger partial charge in [0.15, 0.2) is 0 Å². The van der Waals surface area contributed by atoms with E-state index >= 15 is 0 Å². The molecule has 1 aliphatic rings. The minimum atomic E-state index is -1.34. The summed E-state index contributed by atoms with van der Waals surface area (Å²) in [7, 11) is 0. The highest BCUT2D eigenvalue weighted by Crippen LogP contribution is 2.35. The zero-order valence-electron chi connectivity index (χ0n) is 16.4. The first-order chi connectivity index (χ1) is 15.2. The van der Waals surface area contributed by atoms with Crippen molar-refractivity contribution in [1.82, 2.24) is 0 Å². The van der Waals surface area contributed by atoms with Crippen molar-refractivity contribution in [2.45, 2.75) is 19.4 Å². The standard InChI is InChI=1S/C22H14F3NO5S/c1-10(19-14(24)3-2-4-15(19)25)31-11-5-6-13(23)16(7-11)26-18(27)8-17-20(21(26)28)12(9-32-17)22(29)30/h2-7,9-10H,8H2,1H3,(H,29,30). The molecular weight excluding hydrogens is 447 g/mol. The van der Waals surface area contributed by atoms with Crippen molar-refractivity contribution in [1.29, 1.82) is 0 Å². The lowest BCUT2D eigenvalue weighted by atomic mass is 10.0. The Morgan fingerprint density at radius 1 is 1.12 bits per heavy atom. The van der Waals surface area contributed by atoms with Crippen LogP contribution in [-0.2, 0) is 11.2 Å². The molecule has 0 aliphatic carbocycles. The summed E-state index contributed by atoms with van der Waals surface area (Å²) in [5.41, 5.74) is -1.23. The van der Waals surface area contributed by atoms with Crippen LogP contribution in [0.5, 0.6) is 5.75 Å². The van der Waals surface area contributed by atoms with Gasteiger partial charge in [-0.05, 0) is 31.2 Å². The van der Waals surface area contributed by atoms with Crippen LogP contribution in [0.3, 0.4) is 0 Å². The van der Waals surface area contributed by atoms with Gasteiger partial charge in [0.2, 0.25) is 5.91 Å². The fraction of sp³-hybridized carbons (Fsp3) is 0.136. The molecule has 1 atom stereocenters. The molecule has 0 fully saturated rings. The Morgan fingerprint density at radius 3 is 2.47 bits per heavy atom. The molecule has 6 nitrogen and oxygen atoms in total. The molecule has 32 heavy (non-hydrogen) atoms. The summed E-state index contributed by atoms with van der Waals surface area (Å²) in [5.74, 6) is -5.70. The molecule has 164 valence electrons. The molecule has 1 unspecified atom stereocenters. The van der Waals surface area contributed by atoms with E-state index in [1.165, 1.54) is 24.4 Å². The average Bonchev–Trinajstić information content (AvgIpc) is 3.14. The van der Waals surface area contributed by atoms with E-state index in [9.17, 15) is 32.7 Å². The number of thiophene rings is 1. The Bertz CT molecular complexity index is 1250. The van der Waals surface area contributed by atoms with Gasteiger partial charge in [0.1, 0.15) is 29.3 Å². The normalized spacial score (nSPS) is 14.3. The van der Waals surface area contributed by atoms with Crippen LogP contribution in [0.25, 0.3) is 0 Å². The van der Waals surface area contributed by atoms with E-state index in [-0.39, 0.29) is 33.7 Å². The molecule has 2 aromatic carbocycles. The van der Waals surface area contributed by atoms with E-state index in [2.05, 4.69) is 0 Å². The quantitative estimate of drug-likeness (QED) is 0.556. The highest BCUT2D eigenvalue weighted by atomic mass is 32.1. The number of rotatable bonds is 5. The van der Waals surface area contributed by atoms with Crippen LogP contribution in [0.15, 0.2) is 41.8 Å². The lowest BCUT2D eigenvalue weighted by Crippen LogP contribution is -2.43. The second-order valence-electron chi connectivity index (χ2n) is 6.97. The molecule has 0 radical (unpaired) electrons. The van der Waals surface area contributed by atoms with Crippen LogP contribution >= 0.6 is 11.3 Å². The van der Waals surface area contributed by atoms with Crippen molar-refractivity contribution in [3.63, 3.8) is 0 Å².